The zero-order valence-corrected chi connectivity index (χ0v) is 7.90. The molecule has 1 aliphatic rings. The molecule has 0 aromatic heterocycles. The smallest absolute Gasteiger partial charge is 0.323 e. The average Bonchev–Trinajstić information content (AvgIpc) is 2.15. The van der Waals surface area contributed by atoms with Crippen LogP contribution in [0.3, 0.4) is 0 Å². The SMILES string of the molecule is NC1CCN(C(=O)NCC(=O)O)CC1. The monoisotopic (exact) mass is 201 g/mol. The van der Waals surface area contributed by atoms with Gasteiger partial charge in [0.2, 0.25) is 0 Å². The van der Waals surface area contributed by atoms with Crippen LogP contribution >= 0.6 is 0 Å². The van der Waals surface area contributed by atoms with Gasteiger partial charge in [0.25, 0.3) is 0 Å². The summed E-state index contributed by atoms with van der Waals surface area (Å²) in [6.45, 7) is 0.876. The van der Waals surface area contributed by atoms with Gasteiger partial charge in [0.15, 0.2) is 0 Å². The standard InChI is InChI=1S/C8H15N3O3/c9-6-1-3-11(4-2-6)8(14)10-5-7(12)13/h6H,1-5,9H2,(H,10,14)(H,12,13). The van der Waals surface area contributed by atoms with Crippen molar-refractivity contribution < 1.29 is 14.7 Å². The molecule has 2 amide bonds. The summed E-state index contributed by atoms with van der Waals surface area (Å²) in [6.07, 6.45) is 1.56. The first kappa shape index (κ1) is 10.8. The van der Waals surface area contributed by atoms with Gasteiger partial charge in [-0.05, 0) is 12.8 Å². The molecule has 1 fully saturated rings. The number of amides is 2. The van der Waals surface area contributed by atoms with E-state index in [9.17, 15) is 9.59 Å². The fourth-order valence-corrected chi connectivity index (χ4v) is 1.37. The molecule has 0 aliphatic carbocycles. The van der Waals surface area contributed by atoms with E-state index in [0.717, 1.165) is 12.8 Å². The van der Waals surface area contributed by atoms with Crippen molar-refractivity contribution >= 4 is 12.0 Å². The van der Waals surface area contributed by atoms with Gasteiger partial charge in [0.05, 0.1) is 0 Å². The van der Waals surface area contributed by atoms with Crippen molar-refractivity contribution in [3.63, 3.8) is 0 Å². The van der Waals surface area contributed by atoms with Crippen molar-refractivity contribution in [1.29, 1.82) is 0 Å². The van der Waals surface area contributed by atoms with Gasteiger partial charge in [0.1, 0.15) is 6.54 Å². The van der Waals surface area contributed by atoms with Crippen LogP contribution in [0.25, 0.3) is 0 Å². The van der Waals surface area contributed by atoms with E-state index < -0.39 is 5.97 Å². The fraction of sp³-hybridized carbons (Fsp3) is 0.750. The lowest BCUT2D eigenvalue weighted by Crippen LogP contribution is -2.48. The van der Waals surface area contributed by atoms with Crippen LogP contribution in [0, 0.1) is 0 Å². The van der Waals surface area contributed by atoms with Gasteiger partial charge in [-0.2, -0.15) is 0 Å². The molecule has 1 heterocycles. The maximum atomic E-state index is 11.3. The Morgan fingerprint density at radius 1 is 1.43 bits per heavy atom. The van der Waals surface area contributed by atoms with Gasteiger partial charge in [0, 0.05) is 19.1 Å². The van der Waals surface area contributed by atoms with Crippen LogP contribution in [0.4, 0.5) is 4.79 Å². The highest BCUT2D eigenvalue weighted by Crippen LogP contribution is 2.07. The molecule has 4 N–H and O–H groups in total. The molecule has 80 valence electrons. The summed E-state index contributed by atoms with van der Waals surface area (Å²) in [5, 5.41) is 10.7. The number of nitrogens with one attached hydrogen (secondary N) is 1. The molecule has 1 aliphatic heterocycles. The van der Waals surface area contributed by atoms with Gasteiger partial charge in [-0.3, -0.25) is 4.79 Å². The highest BCUT2D eigenvalue weighted by molar-refractivity contribution is 5.79. The lowest BCUT2D eigenvalue weighted by atomic mass is 10.1. The van der Waals surface area contributed by atoms with Crippen LogP contribution in [-0.4, -0.2) is 47.7 Å². The first-order valence-corrected chi connectivity index (χ1v) is 4.59. The van der Waals surface area contributed by atoms with E-state index in [1.165, 1.54) is 0 Å². The van der Waals surface area contributed by atoms with Crippen LogP contribution in [0.2, 0.25) is 0 Å². The molecule has 0 atom stereocenters. The van der Waals surface area contributed by atoms with Gasteiger partial charge in [-0.1, -0.05) is 0 Å². The minimum Gasteiger partial charge on any atom is -0.480 e. The lowest BCUT2D eigenvalue weighted by molar-refractivity contribution is -0.135. The Bertz CT molecular complexity index is 224. The molecule has 0 aromatic rings. The molecule has 0 unspecified atom stereocenters. The number of urea groups is 1. The second-order valence-electron chi connectivity index (χ2n) is 3.38. The molecule has 0 spiro atoms. The van der Waals surface area contributed by atoms with Gasteiger partial charge < -0.3 is 21.1 Å². The number of likely N-dealkylation sites (tertiary alicyclic amines) is 1. The zero-order chi connectivity index (χ0) is 10.6. The molecule has 0 saturated carbocycles. The Balaban J connectivity index is 2.27. The molecular formula is C8H15N3O3. The number of nitrogens with two attached hydrogens (primary N) is 1. The maximum Gasteiger partial charge on any atom is 0.323 e. The quantitative estimate of drug-likeness (QED) is 0.545. The van der Waals surface area contributed by atoms with E-state index in [0.29, 0.717) is 13.1 Å². The Labute approximate surface area is 82.1 Å². The van der Waals surface area contributed by atoms with E-state index in [1.54, 1.807) is 4.90 Å². The van der Waals surface area contributed by atoms with Crippen LogP contribution in [0.1, 0.15) is 12.8 Å². The summed E-state index contributed by atoms with van der Waals surface area (Å²) in [5.74, 6) is -1.04. The molecule has 0 radical (unpaired) electrons. The van der Waals surface area contributed by atoms with E-state index >= 15 is 0 Å². The highest BCUT2D eigenvalue weighted by atomic mass is 16.4. The Kier molecular flexibility index (Phi) is 3.70. The normalized spacial score (nSPS) is 17.9. The van der Waals surface area contributed by atoms with Crippen molar-refractivity contribution in [2.24, 2.45) is 5.73 Å². The van der Waals surface area contributed by atoms with Crippen molar-refractivity contribution in [2.75, 3.05) is 19.6 Å². The lowest BCUT2D eigenvalue weighted by Gasteiger charge is -2.29. The Hall–Kier alpha value is -1.30. The summed E-state index contributed by atoms with van der Waals surface area (Å²) in [7, 11) is 0. The van der Waals surface area contributed by atoms with Crippen molar-refractivity contribution in [2.45, 2.75) is 18.9 Å². The predicted octanol–water partition coefficient (Wildman–Crippen LogP) is -0.796. The number of hydrogen-bond acceptors (Lipinski definition) is 3. The number of nitrogens with zero attached hydrogens (tertiary/aromatic N) is 1. The summed E-state index contributed by atoms with van der Waals surface area (Å²) in [6, 6.07) is -0.155. The molecular weight excluding hydrogens is 186 g/mol. The number of carbonyl (C=O) groups excluding carboxylic acids is 1. The Morgan fingerprint density at radius 3 is 2.50 bits per heavy atom. The van der Waals surface area contributed by atoms with E-state index in [2.05, 4.69) is 5.32 Å². The average molecular weight is 201 g/mol. The van der Waals surface area contributed by atoms with Crippen molar-refractivity contribution in [3.8, 4) is 0 Å². The summed E-state index contributed by atoms with van der Waals surface area (Å²) < 4.78 is 0. The van der Waals surface area contributed by atoms with Crippen LogP contribution in [-0.2, 0) is 4.79 Å². The minimum absolute atomic E-state index is 0.165. The van der Waals surface area contributed by atoms with Gasteiger partial charge in [-0.25, -0.2) is 4.79 Å². The summed E-state index contributed by atoms with van der Waals surface area (Å²) in [5.41, 5.74) is 5.67. The molecule has 14 heavy (non-hydrogen) atoms. The maximum absolute atomic E-state index is 11.3. The number of piperidine rings is 1. The molecule has 6 nitrogen and oxygen atoms in total. The number of aliphatic carboxylic acids is 1. The van der Waals surface area contributed by atoms with Crippen molar-refractivity contribution in [3.05, 3.63) is 0 Å². The van der Waals surface area contributed by atoms with E-state index in [1.807, 2.05) is 0 Å². The van der Waals surface area contributed by atoms with Gasteiger partial charge in [-0.15, -0.1) is 0 Å². The minimum atomic E-state index is -1.04. The zero-order valence-electron chi connectivity index (χ0n) is 7.90. The second-order valence-corrected chi connectivity index (χ2v) is 3.38. The largest absolute Gasteiger partial charge is 0.480 e. The van der Waals surface area contributed by atoms with Crippen LogP contribution in [0.5, 0.6) is 0 Å². The summed E-state index contributed by atoms with van der Waals surface area (Å²) in [4.78, 5) is 23.1. The second kappa shape index (κ2) is 4.80. The third kappa shape index (κ3) is 3.21. The number of carboxylic acids is 1. The first-order valence-electron chi connectivity index (χ1n) is 4.59. The number of carboxylic acid groups (broad SMARTS) is 1. The Morgan fingerprint density at radius 2 is 2.00 bits per heavy atom. The topological polar surface area (TPSA) is 95.7 Å². The third-order valence-corrected chi connectivity index (χ3v) is 2.22. The van der Waals surface area contributed by atoms with Gasteiger partial charge >= 0.3 is 12.0 Å². The van der Waals surface area contributed by atoms with Crippen LogP contribution in [0.15, 0.2) is 0 Å². The predicted molar refractivity (Wildman–Crippen MR) is 49.8 cm³/mol. The number of carbonyl (C=O) groups is 2. The van der Waals surface area contributed by atoms with E-state index in [-0.39, 0.29) is 18.6 Å². The summed E-state index contributed by atoms with van der Waals surface area (Å²) >= 11 is 0. The molecule has 0 bridgehead atoms. The molecule has 6 heteroatoms. The number of hydrogen-bond donors (Lipinski definition) is 3. The molecule has 1 saturated heterocycles. The first-order chi connectivity index (χ1) is 6.59. The fourth-order valence-electron chi connectivity index (χ4n) is 1.37. The molecule has 0 aromatic carbocycles. The van der Waals surface area contributed by atoms with E-state index in [4.69, 9.17) is 10.8 Å². The van der Waals surface area contributed by atoms with Crippen LogP contribution < -0.4 is 11.1 Å². The third-order valence-electron chi connectivity index (χ3n) is 2.22. The molecule has 1 rings (SSSR count). The number of rotatable bonds is 2. The highest BCUT2D eigenvalue weighted by Gasteiger charge is 2.20. The van der Waals surface area contributed by atoms with Crippen molar-refractivity contribution in [1.82, 2.24) is 10.2 Å².